The zero-order valence-corrected chi connectivity index (χ0v) is 16.8. The van der Waals surface area contributed by atoms with Gasteiger partial charge in [-0.25, -0.2) is 0 Å². The number of rotatable bonds is 7. The molecule has 0 N–H and O–H groups in total. The van der Waals surface area contributed by atoms with Crippen LogP contribution in [0.1, 0.15) is 37.0 Å². The molecule has 3 aromatic carbocycles. The van der Waals surface area contributed by atoms with Crippen molar-refractivity contribution in [2.75, 3.05) is 12.0 Å². The molecule has 0 nitrogen and oxygen atoms in total. The van der Waals surface area contributed by atoms with Crippen molar-refractivity contribution in [2.24, 2.45) is 0 Å². The fourth-order valence-corrected chi connectivity index (χ4v) is 4.75. The third kappa shape index (κ3) is 3.33. The second kappa shape index (κ2) is 8.14. The molecule has 3 aromatic rings. The van der Waals surface area contributed by atoms with Gasteiger partial charge in [0.1, 0.15) is 0 Å². The van der Waals surface area contributed by atoms with Gasteiger partial charge < -0.3 is 0 Å². The van der Waals surface area contributed by atoms with Gasteiger partial charge in [0.25, 0.3) is 0 Å². The molecule has 0 radical (unpaired) electrons. The molecule has 0 spiro atoms. The highest BCUT2D eigenvalue weighted by molar-refractivity contribution is 7.98. The van der Waals surface area contributed by atoms with Crippen molar-refractivity contribution in [3.63, 3.8) is 0 Å². The van der Waals surface area contributed by atoms with Crippen LogP contribution in [-0.2, 0) is 10.8 Å². The monoisotopic (exact) mass is 360 g/mol. The topological polar surface area (TPSA) is 0 Å². The van der Waals surface area contributed by atoms with Crippen molar-refractivity contribution in [3.05, 3.63) is 108 Å². The van der Waals surface area contributed by atoms with Crippen molar-refractivity contribution in [1.29, 1.82) is 0 Å². The summed E-state index contributed by atoms with van der Waals surface area (Å²) in [6.07, 6.45) is 3.33. The van der Waals surface area contributed by atoms with Crippen LogP contribution >= 0.6 is 11.8 Å². The SMILES string of the molecule is CSCC[C@](C)(c1ccccc1)C(C)(c1ccccc1)c1ccccc1. The molecule has 0 saturated heterocycles. The summed E-state index contributed by atoms with van der Waals surface area (Å²) >= 11 is 1.93. The van der Waals surface area contributed by atoms with Crippen LogP contribution in [0.25, 0.3) is 0 Å². The zero-order chi connectivity index (χ0) is 18.5. The molecule has 0 aromatic heterocycles. The van der Waals surface area contributed by atoms with Crippen LogP contribution < -0.4 is 0 Å². The molecule has 0 amide bonds. The van der Waals surface area contributed by atoms with Crippen molar-refractivity contribution in [2.45, 2.75) is 31.1 Å². The molecule has 0 bridgehead atoms. The van der Waals surface area contributed by atoms with Crippen LogP contribution in [0.4, 0.5) is 0 Å². The second-order valence-corrected chi connectivity index (χ2v) is 8.28. The predicted molar refractivity (Wildman–Crippen MR) is 116 cm³/mol. The molecular weight excluding hydrogens is 332 g/mol. The first-order valence-corrected chi connectivity index (χ1v) is 10.7. The number of benzene rings is 3. The Labute approximate surface area is 162 Å². The third-order valence-corrected chi connectivity index (χ3v) is 6.64. The normalized spacial score (nSPS) is 14.0. The summed E-state index contributed by atoms with van der Waals surface area (Å²) in [4.78, 5) is 0. The molecule has 0 unspecified atom stereocenters. The minimum Gasteiger partial charge on any atom is -0.165 e. The molecule has 1 atom stereocenters. The average Bonchev–Trinajstić information content (AvgIpc) is 2.73. The summed E-state index contributed by atoms with van der Waals surface area (Å²) in [6, 6.07) is 33.1. The standard InChI is InChI=1S/C25H28S/c1-24(19-20-26-3,21-13-7-4-8-14-21)25(2,22-15-9-5-10-16-22)23-17-11-6-12-18-23/h4-18H,19-20H2,1-3H3/t24-/m1/s1. The predicted octanol–water partition coefficient (Wildman–Crippen LogP) is 6.70. The Balaban J connectivity index is 2.27. The van der Waals surface area contributed by atoms with Crippen molar-refractivity contribution >= 4 is 11.8 Å². The van der Waals surface area contributed by atoms with Crippen molar-refractivity contribution in [1.82, 2.24) is 0 Å². The van der Waals surface area contributed by atoms with Gasteiger partial charge in [-0.15, -0.1) is 0 Å². The maximum atomic E-state index is 2.44. The van der Waals surface area contributed by atoms with Crippen LogP contribution in [0.15, 0.2) is 91.0 Å². The van der Waals surface area contributed by atoms with Crippen LogP contribution in [0.2, 0.25) is 0 Å². The Hall–Kier alpha value is -1.99. The summed E-state index contributed by atoms with van der Waals surface area (Å²) < 4.78 is 0. The molecule has 0 aliphatic heterocycles. The molecule has 0 heterocycles. The second-order valence-electron chi connectivity index (χ2n) is 7.30. The van der Waals surface area contributed by atoms with Crippen LogP contribution in [0.5, 0.6) is 0 Å². The van der Waals surface area contributed by atoms with Gasteiger partial charge in [0.15, 0.2) is 0 Å². The maximum absolute atomic E-state index is 2.44. The Morgan fingerprint density at radius 3 is 1.38 bits per heavy atom. The lowest BCUT2D eigenvalue weighted by Crippen LogP contribution is -2.46. The largest absolute Gasteiger partial charge is 0.165 e. The van der Waals surface area contributed by atoms with Gasteiger partial charge in [-0.05, 0) is 35.1 Å². The van der Waals surface area contributed by atoms with Crippen LogP contribution in [0, 0.1) is 0 Å². The first kappa shape index (κ1) is 18.8. The molecule has 0 saturated carbocycles. The van der Waals surface area contributed by atoms with Gasteiger partial charge in [0, 0.05) is 10.8 Å². The molecule has 1 heteroatoms. The van der Waals surface area contributed by atoms with E-state index in [1.807, 2.05) is 11.8 Å². The lowest BCUT2D eigenvalue weighted by atomic mass is 9.55. The third-order valence-electron chi connectivity index (χ3n) is 6.02. The van der Waals surface area contributed by atoms with E-state index in [2.05, 4.69) is 111 Å². The molecular formula is C25H28S. The lowest BCUT2D eigenvalue weighted by molar-refractivity contribution is 0.293. The van der Waals surface area contributed by atoms with Gasteiger partial charge in [0.2, 0.25) is 0 Å². The summed E-state index contributed by atoms with van der Waals surface area (Å²) in [5, 5.41) is 0. The first-order chi connectivity index (χ1) is 12.6. The Morgan fingerprint density at radius 2 is 1.00 bits per heavy atom. The highest BCUT2D eigenvalue weighted by Crippen LogP contribution is 2.51. The average molecular weight is 361 g/mol. The summed E-state index contributed by atoms with van der Waals surface area (Å²) in [5.74, 6) is 1.14. The van der Waals surface area contributed by atoms with Crippen molar-refractivity contribution in [3.8, 4) is 0 Å². The van der Waals surface area contributed by atoms with E-state index in [0.29, 0.717) is 0 Å². The van der Waals surface area contributed by atoms with E-state index < -0.39 is 0 Å². The summed E-state index contributed by atoms with van der Waals surface area (Å²) in [7, 11) is 0. The molecule has 3 rings (SSSR count). The molecule has 0 fully saturated rings. The fraction of sp³-hybridized carbons (Fsp3) is 0.280. The first-order valence-electron chi connectivity index (χ1n) is 9.28. The minimum atomic E-state index is -0.118. The van der Waals surface area contributed by atoms with E-state index in [-0.39, 0.29) is 10.8 Å². The lowest BCUT2D eigenvalue weighted by Gasteiger charge is -2.48. The fourth-order valence-electron chi connectivity index (χ4n) is 4.14. The number of hydrogen-bond acceptors (Lipinski definition) is 1. The molecule has 0 aliphatic rings. The zero-order valence-electron chi connectivity index (χ0n) is 16.0. The summed E-state index contributed by atoms with van der Waals surface area (Å²) in [5.41, 5.74) is 4.02. The van der Waals surface area contributed by atoms with Crippen molar-refractivity contribution < 1.29 is 0 Å². The maximum Gasteiger partial charge on any atom is 0.0268 e. The van der Waals surface area contributed by atoms with E-state index in [1.165, 1.54) is 16.7 Å². The molecule has 134 valence electrons. The van der Waals surface area contributed by atoms with Gasteiger partial charge in [-0.2, -0.15) is 11.8 Å². The van der Waals surface area contributed by atoms with Gasteiger partial charge in [-0.3, -0.25) is 0 Å². The summed E-state index contributed by atoms with van der Waals surface area (Å²) in [6.45, 7) is 4.86. The number of thioether (sulfide) groups is 1. The van der Waals surface area contributed by atoms with E-state index in [1.54, 1.807) is 0 Å². The molecule has 0 aliphatic carbocycles. The van der Waals surface area contributed by atoms with E-state index in [0.717, 1.165) is 12.2 Å². The van der Waals surface area contributed by atoms with E-state index in [4.69, 9.17) is 0 Å². The Kier molecular flexibility index (Phi) is 5.88. The van der Waals surface area contributed by atoms with E-state index >= 15 is 0 Å². The highest BCUT2D eigenvalue weighted by atomic mass is 32.2. The highest BCUT2D eigenvalue weighted by Gasteiger charge is 2.47. The minimum absolute atomic E-state index is 0.0139. The van der Waals surface area contributed by atoms with Gasteiger partial charge in [-0.1, -0.05) is 105 Å². The molecule has 26 heavy (non-hydrogen) atoms. The smallest absolute Gasteiger partial charge is 0.0268 e. The Bertz CT molecular complexity index is 756. The van der Waals surface area contributed by atoms with Crippen LogP contribution in [0.3, 0.4) is 0 Å². The van der Waals surface area contributed by atoms with Gasteiger partial charge in [0.05, 0.1) is 0 Å². The van der Waals surface area contributed by atoms with Crippen LogP contribution in [-0.4, -0.2) is 12.0 Å². The quantitative estimate of drug-likeness (QED) is 0.451. The van der Waals surface area contributed by atoms with Gasteiger partial charge >= 0.3 is 0 Å². The van der Waals surface area contributed by atoms with E-state index in [9.17, 15) is 0 Å². The Morgan fingerprint density at radius 1 is 0.615 bits per heavy atom. The number of hydrogen-bond donors (Lipinski definition) is 0.